The largest absolute Gasteiger partial charge is 0.465 e. The summed E-state index contributed by atoms with van der Waals surface area (Å²) < 4.78 is 4.69. The van der Waals surface area contributed by atoms with Gasteiger partial charge >= 0.3 is 5.97 Å². The zero-order chi connectivity index (χ0) is 16.8. The van der Waals surface area contributed by atoms with Gasteiger partial charge in [-0.3, -0.25) is 9.59 Å². The summed E-state index contributed by atoms with van der Waals surface area (Å²) in [7, 11) is 1.31. The predicted molar refractivity (Wildman–Crippen MR) is 86.2 cm³/mol. The number of carbonyl (C=O) groups excluding carboxylic acids is 3. The number of carbonyl (C=O) groups is 3. The van der Waals surface area contributed by atoms with Gasteiger partial charge in [-0.15, -0.1) is 0 Å². The number of rotatable bonds is 6. The third-order valence-electron chi connectivity index (χ3n) is 4.07. The van der Waals surface area contributed by atoms with Crippen LogP contribution in [0.1, 0.15) is 36.5 Å². The summed E-state index contributed by atoms with van der Waals surface area (Å²) in [5, 5.41) is 2.86. The molecule has 1 aromatic rings. The van der Waals surface area contributed by atoms with Crippen molar-refractivity contribution in [2.45, 2.75) is 26.2 Å². The molecule has 2 rings (SSSR count). The maximum absolute atomic E-state index is 11.9. The predicted octanol–water partition coefficient (Wildman–Crippen LogP) is 1.74. The minimum Gasteiger partial charge on any atom is -0.465 e. The molecule has 0 saturated heterocycles. The van der Waals surface area contributed by atoms with E-state index in [1.165, 1.54) is 18.9 Å². The lowest BCUT2D eigenvalue weighted by Gasteiger charge is -2.26. The number of methoxy groups -OCH3 is 1. The first-order chi connectivity index (χ1) is 11.0. The molecule has 1 aliphatic carbocycles. The molecule has 6 nitrogen and oxygen atoms in total. The highest BCUT2D eigenvalue weighted by Gasteiger charge is 2.25. The summed E-state index contributed by atoms with van der Waals surface area (Å²) in [5.74, 6) is -0.412. The maximum Gasteiger partial charge on any atom is 0.337 e. The van der Waals surface area contributed by atoms with E-state index >= 15 is 0 Å². The van der Waals surface area contributed by atoms with Gasteiger partial charge in [-0.05, 0) is 31.0 Å². The zero-order valence-electron chi connectivity index (χ0n) is 13.5. The molecule has 23 heavy (non-hydrogen) atoms. The van der Waals surface area contributed by atoms with E-state index in [0.29, 0.717) is 24.3 Å². The van der Waals surface area contributed by atoms with Crippen LogP contribution < -0.4 is 10.2 Å². The maximum atomic E-state index is 11.9. The molecule has 124 valence electrons. The minimum atomic E-state index is -0.450. The lowest BCUT2D eigenvalue weighted by Crippen LogP contribution is -2.41. The summed E-state index contributed by atoms with van der Waals surface area (Å²) in [6.45, 7) is 2.20. The van der Waals surface area contributed by atoms with Crippen molar-refractivity contribution in [3.8, 4) is 0 Å². The van der Waals surface area contributed by atoms with Gasteiger partial charge in [0.1, 0.15) is 0 Å². The summed E-state index contributed by atoms with van der Waals surface area (Å²) in [6, 6.07) is 6.69. The molecule has 1 aromatic carbocycles. The average molecular weight is 318 g/mol. The number of anilines is 1. The monoisotopic (exact) mass is 318 g/mol. The Morgan fingerprint density at radius 2 is 2.04 bits per heavy atom. The SMILES string of the molecule is COC(=O)c1cccc(N(CCNC(=O)C2CCC2)C(C)=O)c1. The fourth-order valence-corrected chi connectivity index (χ4v) is 2.49. The molecular weight excluding hydrogens is 296 g/mol. The molecule has 1 saturated carbocycles. The fourth-order valence-electron chi connectivity index (χ4n) is 2.49. The van der Waals surface area contributed by atoms with E-state index in [9.17, 15) is 14.4 Å². The van der Waals surface area contributed by atoms with E-state index in [1.54, 1.807) is 24.3 Å². The number of esters is 1. The summed E-state index contributed by atoms with van der Waals surface area (Å²) in [5.41, 5.74) is 0.994. The van der Waals surface area contributed by atoms with Gasteiger partial charge in [0, 0.05) is 31.6 Å². The highest BCUT2D eigenvalue weighted by Crippen LogP contribution is 2.26. The van der Waals surface area contributed by atoms with Crippen molar-refractivity contribution in [3.05, 3.63) is 29.8 Å². The van der Waals surface area contributed by atoms with Gasteiger partial charge in [0.15, 0.2) is 0 Å². The Morgan fingerprint density at radius 1 is 1.30 bits per heavy atom. The van der Waals surface area contributed by atoms with Crippen LogP contribution in [0.15, 0.2) is 24.3 Å². The molecular formula is C17H22N2O4. The molecule has 0 atom stereocenters. The Balaban J connectivity index is 1.99. The zero-order valence-corrected chi connectivity index (χ0v) is 13.5. The van der Waals surface area contributed by atoms with E-state index in [4.69, 9.17) is 0 Å². The van der Waals surface area contributed by atoms with Crippen molar-refractivity contribution in [2.75, 3.05) is 25.1 Å². The molecule has 0 aliphatic heterocycles. The number of hydrogen-bond donors (Lipinski definition) is 1. The second kappa shape index (κ2) is 7.76. The van der Waals surface area contributed by atoms with E-state index < -0.39 is 5.97 Å². The van der Waals surface area contributed by atoms with Crippen LogP contribution in [0.3, 0.4) is 0 Å². The standard InChI is InChI=1S/C17H22N2O4/c1-12(20)19(10-9-18-16(21)13-5-3-6-13)15-8-4-7-14(11-15)17(22)23-2/h4,7-8,11,13H,3,5-6,9-10H2,1-2H3,(H,18,21). The first-order valence-corrected chi connectivity index (χ1v) is 7.77. The van der Waals surface area contributed by atoms with Crippen LogP contribution in [0.4, 0.5) is 5.69 Å². The molecule has 1 fully saturated rings. The van der Waals surface area contributed by atoms with E-state index in [2.05, 4.69) is 10.1 Å². The van der Waals surface area contributed by atoms with Crippen molar-refractivity contribution in [2.24, 2.45) is 5.92 Å². The third kappa shape index (κ3) is 4.31. The Bertz CT molecular complexity index is 596. The number of benzene rings is 1. The Kier molecular flexibility index (Phi) is 5.73. The van der Waals surface area contributed by atoms with E-state index in [0.717, 1.165) is 19.3 Å². The first-order valence-electron chi connectivity index (χ1n) is 7.77. The molecule has 0 spiro atoms. The van der Waals surface area contributed by atoms with Gasteiger partial charge in [0.2, 0.25) is 11.8 Å². The van der Waals surface area contributed by atoms with Crippen LogP contribution in [0.5, 0.6) is 0 Å². The number of amides is 2. The second-order valence-electron chi connectivity index (χ2n) is 5.63. The fraction of sp³-hybridized carbons (Fsp3) is 0.471. The van der Waals surface area contributed by atoms with Gasteiger partial charge in [-0.1, -0.05) is 12.5 Å². The van der Waals surface area contributed by atoms with E-state index in [-0.39, 0.29) is 17.7 Å². The van der Waals surface area contributed by atoms with Crippen molar-refractivity contribution < 1.29 is 19.1 Å². The smallest absolute Gasteiger partial charge is 0.337 e. The Morgan fingerprint density at radius 3 is 2.61 bits per heavy atom. The van der Waals surface area contributed by atoms with Gasteiger partial charge in [0.25, 0.3) is 0 Å². The third-order valence-corrected chi connectivity index (χ3v) is 4.07. The summed E-state index contributed by atoms with van der Waals surface area (Å²) >= 11 is 0. The molecule has 1 aliphatic rings. The van der Waals surface area contributed by atoms with Gasteiger partial charge in [-0.2, -0.15) is 0 Å². The molecule has 6 heteroatoms. The number of hydrogen-bond acceptors (Lipinski definition) is 4. The Labute approximate surface area is 135 Å². The molecule has 1 N–H and O–H groups in total. The van der Waals surface area contributed by atoms with Crippen molar-refractivity contribution in [1.82, 2.24) is 5.32 Å². The second-order valence-corrected chi connectivity index (χ2v) is 5.63. The topological polar surface area (TPSA) is 75.7 Å². The molecule has 0 aromatic heterocycles. The molecule has 0 radical (unpaired) electrons. The highest BCUT2D eigenvalue weighted by atomic mass is 16.5. The van der Waals surface area contributed by atoms with E-state index in [1.807, 2.05) is 0 Å². The van der Waals surface area contributed by atoms with Crippen molar-refractivity contribution in [3.63, 3.8) is 0 Å². The summed E-state index contributed by atoms with van der Waals surface area (Å²) in [6.07, 6.45) is 3.00. The normalized spacial score (nSPS) is 13.8. The van der Waals surface area contributed by atoms with Crippen LogP contribution in [0.25, 0.3) is 0 Å². The lowest BCUT2D eigenvalue weighted by atomic mass is 9.85. The summed E-state index contributed by atoms with van der Waals surface area (Å²) in [4.78, 5) is 36.8. The lowest BCUT2D eigenvalue weighted by molar-refractivity contribution is -0.127. The average Bonchev–Trinajstić information content (AvgIpc) is 2.48. The van der Waals surface area contributed by atoms with Crippen LogP contribution in [-0.2, 0) is 14.3 Å². The number of nitrogens with zero attached hydrogens (tertiary/aromatic N) is 1. The first kappa shape index (κ1) is 17.0. The van der Waals surface area contributed by atoms with Gasteiger partial charge < -0.3 is 15.0 Å². The Hall–Kier alpha value is -2.37. The highest BCUT2D eigenvalue weighted by molar-refractivity contribution is 5.95. The van der Waals surface area contributed by atoms with Crippen LogP contribution >= 0.6 is 0 Å². The van der Waals surface area contributed by atoms with Gasteiger partial charge in [-0.25, -0.2) is 4.79 Å². The number of ether oxygens (including phenoxy) is 1. The van der Waals surface area contributed by atoms with Crippen LogP contribution in [0.2, 0.25) is 0 Å². The molecule has 0 bridgehead atoms. The quantitative estimate of drug-likeness (QED) is 0.811. The molecule has 2 amide bonds. The van der Waals surface area contributed by atoms with Crippen LogP contribution in [-0.4, -0.2) is 38.0 Å². The molecule has 0 heterocycles. The molecule has 0 unspecified atom stereocenters. The van der Waals surface area contributed by atoms with Crippen LogP contribution in [0, 0.1) is 5.92 Å². The van der Waals surface area contributed by atoms with Crippen molar-refractivity contribution in [1.29, 1.82) is 0 Å². The van der Waals surface area contributed by atoms with Crippen molar-refractivity contribution >= 4 is 23.5 Å². The minimum absolute atomic E-state index is 0.0584. The van der Waals surface area contributed by atoms with Gasteiger partial charge in [0.05, 0.1) is 12.7 Å². The number of nitrogens with one attached hydrogen (secondary N) is 1.